The van der Waals surface area contributed by atoms with E-state index in [1.54, 1.807) is 0 Å². The zero-order valence-corrected chi connectivity index (χ0v) is 9.24. The minimum absolute atomic E-state index is 0.319. The summed E-state index contributed by atoms with van der Waals surface area (Å²) in [4.78, 5) is 13.3. The van der Waals surface area contributed by atoms with E-state index in [2.05, 4.69) is 4.90 Å². The molecular weight excluding hydrogens is 194 g/mol. The predicted molar refractivity (Wildman–Crippen MR) is 55.6 cm³/mol. The summed E-state index contributed by atoms with van der Waals surface area (Å²) in [6, 6.07) is 0. The number of aldehydes is 1. The number of carbonyl (C=O) groups is 1. The van der Waals surface area contributed by atoms with Crippen molar-refractivity contribution in [1.29, 1.82) is 0 Å². The summed E-state index contributed by atoms with van der Waals surface area (Å²) in [6.45, 7) is 5.35. The van der Waals surface area contributed by atoms with E-state index in [4.69, 9.17) is 4.74 Å². The van der Waals surface area contributed by atoms with Gasteiger partial charge in [0.15, 0.2) is 0 Å². The summed E-state index contributed by atoms with van der Waals surface area (Å²) in [7, 11) is 0. The van der Waals surface area contributed by atoms with Crippen molar-refractivity contribution in [3.8, 4) is 0 Å². The zero-order chi connectivity index (χ0) is 10.9. The fraction of sp³-hybridized carbons (Fsp3) is 0.909. The van der Waals surface area contributed by atoms with Gasteiger partial charge in [-0.2, -0.15) is 0 Å². The fourth-order valence-corrected chi connectivity index (χ4v) is 2.50. The van der Waals surface area contributed by atoms with Crippen molar-refractivity contribution in [2.75, 3.05) is 32.8 Å². The van der Waals surface area contributed by atoms with Crippen LogP contribution in [-0.4, -0.2) is 54.7 Å². The molecular formula is C11H19NO3. The third-order valence-electron chi connectivity index (χ3n) is 3.45. The maximum atomic E-state index is 11.1. The van der Waals surface area contributed by atoms with Crippen molar-refractivity contribution in [2.24, 2.45) is 5.41 Å². The minimum Gasteiger partial charge on any atom is -0.389 e. The molecule has 2 fully saturated rings. The van der Waals surface area contributed by atoms with Crippen LogP contribution in [0, 0.1) is 5.41 Å². The smallest absolute Gasteiger partial charge is 0.129 e. The summed E-state index contributed by atoms with van der Waals surface area (Å²) in [5, 5.41) is 9.83. The molecule has 15 heavy (non-hydrogen) atoms. The molecule has 0 aliphatic carbocycles. The van der Waals surface area contributed by atoms with E-state index in [0.29, 0.717) is 19.8 Å². The van der Waals surface area contributed by atoms with Gasteiger partial charge in [0.2, 0.25) is 0 Å². The average molecular weight is 213 g/mol. The van der Waals surface area contributed by atoms with Gasteiger partial charge in [-0.15, -0.1) is 0 Å². The third kappa shape index (κ3) is 2.38. The Hall–Kier alpha value is -0.450. The molecule has 2 saturated heterocycles. The molecule has 0 bridgehead atoms. The molecule has 0 aromatic heterocycles. The Kier molecular flexibility index (Phi) is 2.83. The molecule has 4 heteroatoms. The molecule has 2 heterocycles. The normalized spacial score (nSPS) is 42.3. The monoisotopic (exact) mass is 213 g/mol. The van der Waals surface area contributed by atoms with Gasteiger partial charge < -0.3 is 14.6 Å². The Morgan fingerprint density at radius 1 is 1.53 bits per heavy atom. The van der Waals surface area contributed by atoms with E-state index in [9.17, 15) is 9.90 Å². The summed E-state index contributed by atoms with van der Waals surface area (Å²) < 4.78 is 5.29. The largest absolute Gasteiger partial charge is 0.389 e. The molecule has 2 unspecified atom stereocenters. The molecule has 4 nitrogen and oxygen atoms in total. The lowest BCUT2D eigenvalue weighted by molar-refractivity contribution is -0.117. The fourth-order valence-electron chi connectivity index (χ4n) is 2.50. The van der Waals surface area contributed by atoms with E-state index in [1.807, 2.05) is 6.92 Å². The average Bonchev–Trinajstić information content (AvgIpc) is 2.75. The van der Waals surface area contributed by atoms with Gasteiger partial charge in [0, 0.05) is 26.2 Å². The second-order valence-corrected chi connectivity index (χ2v) is 5.24. The number of likely N-dealkylation sites (tertiary alicyclic amines) is 1. The minimum atomic E-state index is -0.580. The summed E-state index contributed by atoms with van der Waals surface area (Å²) in [5.74, 6) is 0. The highest BCUT2D eigenvalue weighted by molar-refractivity contribution is 5.60. The second-order valence-electron chi connectivity index (χ2n) is 5.24. The summed E-state index contributed by atoms with van der Waals surface area (Å²) in [5.41, 5.74) is -0.899. The highest BCUT2D eigenvalue weighted by atomic mass is 16.5. The number of hydrogen-bond acceptors (Lipinski definition) is 4. The Bertz CT molecular complexity index is 246. The maximum Gasteiger partial charge on any atom is 0.129 e. The molecule has 2 aliphatic rings. The number of ether oxygens (including phenoxy) is 1. The molecule has 0 radical (unpaired) electrons. The highest BCUT2D eigenvalue weighted by Crippen LogP contribution is 2.30. The first-order valence-corrected chi connectivity index (χ1v) is 5.54. The standard InChI is InChI=1S/C11H19NO3/c1-10(14)2-4-12(6-10)7-11(8-13)3-5-15-9-11/h8,14H,2-7,9H2,1H3. The van der Waals surface area contributed by atoms with Crippen molar-refractivity contribution >= 4 is 6.29 Å². The Morgan fingerprint density at radius 2 is 2.33 bits per heavy atom. The van der Waals surface area contributed by atoms with Gasteiger partial charge >= 0.3 is 0 Å². The van der Waals surface area contributed by atoms with Crippen molar-refractivity contribution in [3.63, 3.8) is 0 Å². The summed E-state index contributed by atoms with van der Waals surface area (Å²) >= 11 is 0. The first-order chi connectivity index (χ1) is 7.05. The molecule has 2 atom stereocenters. The first-order valence-electron chi connectivity index (χ1n) is 5.54. The Labute approximate surface area is 90.2 Å². The lowest BCUT2D eigenvalue weighted by atomic mass is 9.88. The number of rotatable bonds is 3. The first kappa shape index (κ1) is 11.0. The number of hydrogen-bond donors (Lipinski definition) is 1. The van der Waals surface area contributed by atoms with Crippen LogP contribution < -0.4 is 0 Å². The van der Waals surface area contributed by atoms with Crippen LogP contribution in [0.5, 0.6) is 0 Å². The molecule has 0 spiro atoms. The second kappa shape index (κ2) is 3.85. The quantitative estimate of drug-likeness (QED) is 0.673. The van der Waals surface area contributed by atoms with Gasteiger partial charge in [-0.05, 0) is 19.8 Å². The van der Waals surface area contributed by atoms with E-state index in [1.165, 1.54) is 0 Å². The van der Waals surface area contributed by atoms with Crippen LogP contribution in [0.2, 0.25) is 0 Å². The van der Waals surface area contributed by atoms with Gasteiger partial charge in [-0.1, -0.05) is 0 Å². The van der Waals surface area contributed by atoms with Crippen molar-refractivity contribution < 1.29 is 14.6 Å². The Balaban J connectivity index is 1.94. The van der Waals surface area contributed by atoms with Crippen LogP contribution in [0.25, 0.3) is 0 Å². The van der Waals surface area contributed by atoms with Crippen molar-refractivity contribution in [2.45, 2.75) is 25.4 Å². The van der Waals surface area contributed by atoms with Crippen LogP contribution in [0.15, 0.2) is 0 Å². The molecule has 0 aromatic carbocycles. The van der Waals surface area contributed by atoms with Gasteiger partial charge in [-0.25, -0.2) is 0 Å². The van der Waals surface area contributed by atoms with Crippen molar-refractivity contribution in [1.82, 2.24) is 4.90 Å². The SMILES string of the molecule is CC1(O)CCN(CC2(C=O)CCOC2)C1. The summed E-state index contributed by atoms with van der Waals surface area (Å²) in [6.07, 6.45) is 2.64. The molecule has 86 valence electrons. The molecule has 0 saturated carbocycles. The zero-order valence-electron chi connectivity index (χ0n) is 9.24. The van der Waals surface area contributed by atoms with Crippen LogP contribution in [0.3, 0.4) is 0 Å². The van der Waals surface area contributed by atoms with E-state index >= 15 is 0 Å². The maximum absolute atomic E-state index is 11.1. The molecule has 2 aliphatic heterocycles. The number of carbonyl (C=O) groups excluding carboxylic acids is 1. The van der Waals surface area contributed by atoms with Crippen LogP contribution >= 0.6 is 0 Å². The Morgan fingerprint density at radius 3 is 2.80 bits per heavy atom. The lowest BCUT2D eigenvalue weighted by Crippen LogP contribution is -2.40. The van der Waals surface area contributed by atoms with E-state index in [-0.39, 0.29) is 5.41 Å². The predicted octanol–water partition coefficient (Wildman–Crippen LogP) is 0.0487. The van der Waals surface area contributed by atoms with E-state index < -0.39 is 5.60 Å². The molecule has 2 rings (SSSR count). The highest BCUT2D eigenvalue weighted by Gasteiger charge is 2.40. The lowest BCUT2D eigenvalue weighted by Gasteiger charge is -2.27. The van der Waals surface area contributed by atoms with Crippen LogP contribution in [0.1, 0.15) is 19.8 Å². The van der Waals surface area contributed by atoms with E-state index in [0.717, 1.165) is 32.2 Å². The number of nitrogens with zero attached hydrogens (tertiary/aromatic N) is 1. The number of β-amino-alcohol motifs (C(OH)–C–C–N with tert-alkyl or cyclic N) is 1. The van der Waals surface area contributed by atoms with Crippen LogP contribution in [-0.2, 0) is 9.53 Å². The van der Waals surface area contributed by atoms with Gasteiger partial charge in [-0.3, -0.25) is 4.90 Å². The topological polar surface area (TPSA) is 49.8 Å². The van der Waals surface area contributed by atoms with Gasteiger partial charge in [0.1, 0.15) is 6.29 Å². The molecule has 0 aromatic rings. The van der Waals surface area contributed by atoms with Gasteiger partial charge in [0.25, 0.3) is 0 Å². The van der Waals surface area contributed by atoms with Gasteiger partial charge in [0.05, 0.1) is 17.6 Å². The van der Waals surface area contributed by atoms with Crippen molar-refractivity contribution in [3.05, 3.63) is 0 Å². The third-order valence-corrected chi connectivity index (χ3v) is 3.45. The number of aliphatic hydroxyl groups is 1. The molecule has 1 N–H and O–H groups in total. The van der Waals surface area contributed by atoms with Crippen LogP contribution in [0.4, 0.5) is 0 Å². The molecule has 0 amide bonds.